The predicted molar refractivity (Wildman–Crippen MR) is 60.1 cm³/mol. The smallest absolute Gasteiger partial charge is 0.328 e. The van der Waals surface area contributed by atoms with Crippen LogP contribution in [0.5, 0.6) is 0 Å². The number of pyridine rings is 1. The molecule has 0 aliphatic carbocycles. The molecule has 0 atom stereocenters. The minimum absolute atomic E-state index is 0.149. The molecule has 0 amide bonds. The second-order valence-corrected chi connectivity index (χ2v) is 4.03. The molecule has 84 valence electrons. The fourth-order valence-corrected chi connectivity index (χ4v) is 1.69. The van der Waals surface area contributed by atoms with Crippen molar-refractivity contribution in [3.63, 3.8) is 0 Å². The quantitative estimate of drug-likeness (QED) is 0.823. The lowest BCUT2D eigenvalue weighted by atomic mass is 10.4. The van der Waals surface area contributed by atoms with Gasteiger partial charge in [-0.1, -0.05) is 0 Å². The lowest BCUT2D eigenvalue weighted by Crippen LogP contribution is -2.22. The molecule has 0 aliphatic heterocycles. The Kier molecular flexibility index (Phi) is 2.78. The number of H-pyrrole nitrogens is 1. The summed E-state index contributed by atoms with van der Waals surface area (Å²) in [5.74, 6) is -0.493. The summed E-state index contributed by atoms with van der Waals surface area (Å²) in [6, 6.07) is 1.72. The Bertz CT molecular complexity index is 602. The summed E-state index contributed by atoms with van der Waals surface area (Å²) in [5.41, 5.74) is 0.618. The first kappa shape index (κ1) is 10.9. The number of fused-ring (bicyclic) bond motifs is 1. The van der Waals surface area contributed by atoms with E-state index in [0.29, 0.717) is 11.2 Å². The van der Waals surface area contributed by atoms with Gasteiger partial charge in [-0.05, 0) is 22.0 Å². The molecule has 0 radical (unpaired) electrons. The first-order valence-corrected chi connectivity index (χ1v) is 5.22. The van der Waals surface area contributed by atoms with Gasteiger partial charge >= 0.3 is 11.7 Å². The topological polar surface area (TPSA) is 77.0 Å². The Balaban J connectivity index is 2.56. The number of aromatic amines is 1. The van der Waals surface area contributed by atoms with Crippen molar-refractivity contribution in [3.8, 4) is 0 Å². The number of imidazole rings is 1. The number of methoxy groups -OCH3 is 1. The molecule has 2 rings (SSSR count). The van der Waals surface area contributed by atoms with Crippen molar-refractivity contribution in [1.29, 1.82) is 0 Å². The fraction of sp³-hybridized carbons (Fsp3) is 0.222. The normalized spacial score (nSPS) is 10.6. The van der Waals surface area contributed by atoms with Gasteiger partial charge in [0.05, 0.1) is 12.6 Å². The summed E-state index contributed by atoms with van der Waals surface area (Å²) in [4.78, 5) is 29.3. The maximum Gasteiger partial charge on any atom is 0.328 e. The standard InChI is InChI=1S/C9H8BrN3O3/c1-16-7(14)4-13-8-6(12-9(13)15)2-5(10)3-11-8/h2-3H,4H2,1H3,(H,12,15). The molecular formula is C9H8BrN3O3. The first-order valence-electron chi connectivity index (χ1n) is 4.42. The summed E-state index contributed by atoms with van der Waals surface area (Å²) < 4.78 is 6.49. The molecule has 0 aromatic carbocycles. The molecule has 16 heavy (non-hydrogen) atoms. The number of rotatable bonds is 2. The largest absolute Gasteiger partial charge is 0.468 e. The van der Waals surface area contributed by atoms with Gasteiger partial charge in [-0.2, -0.15) is 0 Å². The third kappa shape index (κ3) is 1.85. The summed E-state index contributed by atoms with van der Waals surface area (Å²) in [7, 11) is 1.27. The second kappa shape index (κ2) is 4.09. The number of nitrogens with one attached hydrogen (secondary N) is 1. The van der Waals surface area contributed by atoms with E-state index in [1.165, 1.54) is 11.7 Å². The number of esters is 1. The lowest BCUT2D eigenvalue weighted by molar-refractivity contribution is -0.141. The van der Waals surface area contributed by atoms with Gasteiger partial charge in [0.2, 0.25) is 0 Å². The van der Waals surface area contributed by atoms with Crippen molar-refractivity contribution < 1.29 is 9.53 Å². The van der Waals surface area contributed by atoms with Crippen molar-refractivity contribution in [2.45, 2.75) is 6.54 Å². The number of hydrogen-bond acceptors (Lipinski definition) is 4. The number of hydrogen-bond donors (Lipinski definition) is 1. The maximum absolute atomic E-state index is 11.5. The lowest BCUT2D eigenvalue weighted by Gasteiger charge is -2.00. The van der Waals surface area contributed by atoms with Crippen LogP contribution in [0.3, 0.4) is 0 Å². The second-order valence-electron chi connectivity index (χ2n) is 3.12. The highest BCUT2D eigenvalue weighted by Gasteiger charge is 2.11. The number of ether oxygens (including phenoxy) is 1. The molecule has 0 aliphatic rings. The van der Waals surface area contributed by atoms with Crippen molar-refractivity contribution >= 4 is 33.1 Å². The van der Waals surface area contributed by atoms with Crippen molar-refractivity contribution in [2.24, 2.45) is 0 Å². The molecule has 7 heteroatoms. The molecule has 6 nitrogen and oxygen atoms in total. The van der Waals surface area contributed by atoms with E-state index in [9.17, 15) is 9.59 Å². The summed E-state index contributed by atoms with van der Waals surface area (Å²) in [5, 5.41) is 0. The van der Waals surface area contributed by atoms with Gasteiger partial charge in [0, 0.05) is 10.7 Å². The van der Waals surface area contributed by atoms with Gasteiger partial charge in [0.15, 0.2) is 5.65 Å². The molecule has 0 unspecified atom stereocenters. The van der Waals surface area contributed by atoms with Gasteiger partial charge < -0.3 is 9.72 Å². The van der Waals surface area contributed by atoms with Crippen LogP contribution >= 0.6 is 15.9 Å². The van der Waals surface area contributed by atoms with E-state index >= 15 is 0 Å². The molecular weight excluding hydrogens is 278 g/mol. The highest BCUT2D eigenvalue weighted by molar-refractivity contribution is 9.10. The molecule has 0 spiro atoms. The average Bonchev–Trinajstić information content (AvgIpc) is 2.54. The van der Waals surface area contributed by atoms with Crippen LogP contribution in [0.15, 0.2) is 21.5 Å². The molecule has 0 saturated heterocycles. The van der Waals surface area contributed by atoms with Gasteiger partial charge in [-0.3, -0.25) is 9.36 Å². The van der Waals surface area contributed by atoms with E-state index in [1.807, 2.05) is 0 Å². The van der Waals surface area contributed by atoms with Gasteiger partial charge in [-0.15, -0.1) is 0 Å². The van der Waals surface area contributed by atoms with Crippen molar-refractivity contribution in [3.05, 3.63) is 27.2 Å². The Morgan fingerprint density at radius 2 is 2.44 bits per heavy atom. The summed E-state index contributed by atoms with van der Waals surface area (Å²) in [6.07, 6.45) is 1.56. The Morgan fingerprint density at radius 1 is 1.69 bits per heavy atom. The van der Waals surface area contributed by atoms with Gasteiger partial charge in [0.25, 0.3) is 0 Å². The predicted octanol–water partition coefficient (Wildman–Crippen LogP) is 0.660. The number of halogens is 1. The molecule has 0 saturated carbocycles. The zero-order valence-electron chi connectivity index (χ0n) is 8.36. The van der Waals surface area contributed by atoms with E-state index in [2.05, 4.69) is 30.6 Å². The summed E-state index contributed by atoms with van der Waals surface area (Å²) >= 11 is 3.25. The van der Waals surface area contributed by atoms with Crippen LogP contribution in [0.4, 0.5) is 0 Å². The third-order valence-electron chi connectivity index (χ3n) is 2.09. The zero-order chi connectivity index (χ0) is 11.7. The Morgan fingerprint density at radius 3 is 3.12 bits per heavy atom. The van der Waals surface area contributed by atoms with Gasteiger partial charge in [0.1, 0.15) is 6.54 Å². The van der Waals surface area contributed by atoms with E-state index < -0.39 is 5.97 Å². The molecule has 2 heterocycles. The van der Waals surface area contributed by atoms with Crippen LogP contribution in [-0.2, 0) is 16.1 Å². The Hall–Kier alpha value is -1.63. The van der Waals surface area contributed by atoms with Gasteiger partial charge in [-0.25, -0.2) is 9.78 Å². The third-order valence-corrected chi connectivity index (χ3v) is 2.52. The molecule has 0 fully saturated rings. The van der Waals surface area contributed by atoms with Crippen molar-refractivity contribution in [2.75, 3.05) is 7.11 Å². The molecule has 2 aromatic rings. The first-order chi connectivity index (χ1) is 7.61. The van der Waals surface area contributed by atoms with Crippen LogP contribution in [0.25, 0.3) is 11.2 Å². The van der Waals surface area contributed by atoms with E-state index in [-0.39, 0.29) is 12.2 Å². The highest BCUT2D eigenvalue weighted by Crippen LogP contribution is 2.13. The summed E-state index contributed by atoms with van der Waals surface area (Å²) in [6.45, 7) is -0.149. The Labute approximate surface area is 98.4 Å². The van der Waals surface area contributed by atoms with Crippen LogP contribution in [-0.4, -0.2) is 27.6 Å². The van der Waals surface area contributed by atoms with Crippen LogP contribution in [0.2, 0.25) is 0 Å². The number of carbonyl (C=O) groups excluding carboxylic acids is 1. The number of aromatic nitrogens is 3. The number of carbonyl (C=O) groups is 1. The van der Waals surface area contributed by atoms with Crippen LogP contribution in [0, 0.1) is 0 Å². The molecule has 2 aromatic heterocycles. The monoisotopic (exact) mass is 285 g/mol. The van der Waals surface area contributed by atoms with Crippen molar-refractivity contribution in [1.82, 2.24) is 14.5 Å². The number of nitrogens with zero attached hydrogens (tertiary/aromatic N) is 2. The minimum Gasteiger partial charge on any atom is -0.468 e. The maximum atomic E-state index is 11.5. The van der Waals surface area contributed by atoms with E-state index in [1.54, 1.807) is 12.3 Å². The minimum atomic E-state index is -0.493. The van der Waals surface area contributed by atoms with Crippen LogP contribution in [0.1, 0.15) is 0 Å². The average molecular weight is 286 g/mol. The highest BCUT2D eigenvalue weighted by atomic mass is 79.9. The molecule has 1 N–H and O–H groups in total. The van der Waals surface area contributed by atoms with E-state index in [0.717, 1.165) is 4.47 Å². The van der Waals surface area contributed by atoms with Crippen LogP contribution < -0.4 is 5.69 Å². The van der Waals surface area contributed by atoms with E-state index in [4.69, 9.17) is 0 Å². The molecule has 0 bridgehead atoms. The zero-order valence-corrected chi connectivity index (χ0v) is 9.94. The fourth-order valence-electron chi connectivity index (χ4n) is 1.36. The SMILES string of the molecule is COC(=O)Cn1c(=O)[nH]c2cc(Br)cnc21.